The second-order valence-corrected chi connectivity index (χ2v) is 17.4. The van der Waals surface area contributed by atoms with Crippen LogP contribution in [-0.2, 0) is 32.4 Å². The first-order valence-corrected chi connectivity index (χ1v) is 22.5. The van der Waals surface area contributed by atoms with Gasteiger partial charge in [-0.2, -0.15) is 0 Å². The molecule has 5 N–H and O–H groups in total. The van der Waals surface area contributed by atoms with Gasteiger partial charge < -0.3 is 24.7 Å². The van der Waals surface area contributed by atoms with E-state index in [0.717, 1.165) is 57.8 Å². The number of hydrogen-bond acceptors (Lipinski definition) is 6. The summed E-state index contributed by atoms with van der Waals surface area (Å²) in [7, 11) is -8.90. The minimum absolute atomic E-state index is 0.103. The first kappa shape index (κ1) is 44.5. The van der Waals surface area contributed by atoms with E-state index in [4.69, 9.17) is 4.74 Å². The van der Waals surface area contributed by atoms with Gasteiger partial charge in [0.1, 0.15) is 6.10 Å². The molecule has 0 heterocycles. The first-order valence-electron chi connectivity index (χ1n) is 19.1. The predicted octanol–water partition coefficient (Wildman–Crippen LogP) is 8.39. The molecule has 4 unspecified atom stereocenters. The summed E-state index contributed by atoms with van der Waals surface area (Å²) in [5.74, 6) is -2.42. The molecule has 0 saturated heterocycles. The lowest BCUT2D eigenvalue weighted by molar-refractivity contribution is -0.0979. The van der Waals surface area contributed by atoms with Crippen molar-refractivity contribution in [2.45, 2.75) is 166 Å². The summed E-state index contributed by atoms with van der Waals surface area (Å²) in [6.45, 7) is 2.05. The maximum atomic E-state index is 13.2. The molecule has 11 heteroatoms. The Labute approximate surface area is 302 Å². The summed E-state index contributed by atoms with van der Waals surface area (Å²) in [6, 6.07) is 18.4. The summed E-state index contributed by atoms with van der Waals surface area (Å²) in [5.41, 5.74) is 2.08. The van der Waals surface area contributed by atoms with Crippen molar-refractivity contribution < 1.29 is 37.7 Å². The largest absolute Gasteiger partial charge is 0.389 e. The van der Waals surface area contributed by atoms with Crippen LogP contribution in [0.4, 0.5) is 0 Å². The lowest BCUT2D eigenvalue weighted by Gasteiger charge is -2.33. The minimum Gasteiger partial charge on any atom is -0.389 e. The number of benzene rings is 2. The van der Waals surface area contributed by atoms with E-state index in [9.17, 15) is 33.0 Å². The molecule has 0 radical (unpaired) electrons. The Morgan fingerprint density at radius 1 is 0.660 bits per heavy atom. The third-order valence-electron chi connectivity index (χ3n) is 9.34. The molecule has 0 bridgehead atoms. The maximum Gasteiger partial charge on any atom is 0.356 e. The maximum absolute atomic E-state index is 13.2. The highest BCUT2D eigenvalue weighted by Crippen LogP contribution is 2.43. The topological polar surface area (TPSA) is 153 Å². The summed E-state index contributed by atoms with van der Waals surface area (Å²) in [4.78, 5) is 19.6. The van der Waals surface area contributed by atoms with Crippen LogP contribution in [0.25, 0.3) is 0 Å². The number of rotatable bonds is 31. The summed E-state index contributed by atoms with van der Waals surface area (Å²) in [5, 5.41) is 22.0. The number of aliphatic hydroxyl groups is 2. The van der Waals surface area contributed by atoms with E-state index in [1.54, 1.807) is 24.3 Å². The van der Waals surface area contributed by atoms with Crippen LogP contribution >= 0.6 is 7.60 Å². The first-order chi connectivity index (χ1) is 24.0. The van der Waals surface area contributed by atoms with Crippen molar-refractivity contribution in [2.75, 3.05) is 5.75 Å². The van der Waals surface area contributed by atoms with E-state index in [2.05, 4.69) is 35.9 Å². The molecule has 0 aliphatic heterocycles. The van der Waals surface area contributed by atoms with Crippen LogP contribution in [0.5, 0.6) is 0 Å². The van der Waals surface area contributed by atoms with Crippen LogP contribution in [0.3, 0.4) is 0 Å². The summed E-state index contributed by atoms with van der Waals surface area (Å²) in [6.07, 6.45) is 16.7. The molecule has 50 heavy (non-hydrogen) atoms. The van der Waals surface area contributed by atoms with Crippen molar-refractivity contribution in [1.82, 2.24) is 4.72 Å². The standard InChI is InChI=1S/C39H66NO8PS/c1-2-3-4-5-6-13-16-25-32-50(46,47)40-36(37(41)38(39(42)49(43,44)45)48-33-35-29-22-18-23-30-35)31-24-15-12-10-8-7-9-11-14-19-26-34-27-20-17-21-28-34/h17-18,20-23,27-30,36-42H,2-16,19,24-26,31-33H2,1H3,(H2,43,44,45). The van der Waals surface area contributed by atoms with Crippen LogP contribution in [0.15, 0.2) is 60.7 Å². The molecule has 286 valence electrons. The van der Waals surface area contributed by atoms with E-state index >= 15 is 0 Å². The normalized spacial score (nSPS) is 14.7. The van der Waals surface area contributed by atoms with Crippen molar-refractivity contribution in [1.29, 1.82) is 0 Å². The number of aryl methyl sites for hydroxylation is 1. The van der Waals surface area contributed by atoms with Crippen LogP contribution in [0, 0.1) is 0 Å². The number of nitrogens with one attached hydrogen (secondary N) is 1. The van der Waals surface area contributed by atoms with Crippen LogP contribution in [0.1, 0.15) is 140 Å². The summed E-state index contributed by atoms with van der Waals surface area (Å²) >= 11 is 0. The Balaban J connectivity index is 1.88. The molecule has 9 nitrogen and oxygen atoms in total. The highest BCUT2D eigenvalue weighted by Gasteiger charge is 2.43. The average molecular weight is 740 g/mol. The zero-order chi connectivity index (χ0) is 36.5. The molecular formula is C39H66NO8PS. The van der Waals surface area contributed by atoms with E-state index in [0.29, 0.717) is 18.4 Å². The van der Waals surface area contributed by atoms with Gasteiger partial charge in [-0.15, -0.1) is 0 Å². The van der Waals surface area contributed by atoms with E-state index in [1.807, 2.05) is 12.1 Å². The highest BCUT2D eigenvalue weighted by molar-refractivity contribution is 7.89. The third kappa shape index (κ3) is 20.4. The van der Waals surface area contributed by atoms with Crippen LogP contribution < -0.4 is 4.72 Å². The Kier molecular flexibility index (Phi) is 23.3. The average Bonchev–Trinajstić information content (AvgIpc) is 3.09. The second-order valence-electron chi connectivity index (χ2n) is 13.8. The van der Waals surface area contributed by atoms with Gasteiger partial charge in [-0.05, 0) is 36.8 Å². The molecular weight excluding hydrogens is 673 g/mol. The number of hydrogen-bond donors (Lipinski definition) is 5. The second kappa shape index (κ2) is 26.2. The van der Waals surface area contributed by atoms with Gasteiger partial charge in [-0.25, -0.2) is 13.1 Å². The number of sulfonamides is 1. The fourth-order valence-corrected chi connectivity index (χ4v) is 8.38. The van der Waals surface area contributed by atoms with Gasteiger partial charge in [0.15, 0.2) is 5.85 Å². The van der Waals surface area contributed by atoms with Gasteiger partial charge in [0.25, 0.3) is 0 Å². The fourth-order valence-electron chi connectivity index (χ4n) is 6.32. The molecule has 0 aromatic heterocycles. The quantitative estimate of drug-likeness (QED) is 0.0382. The highest BCUT2D eigenvalue weighted by atomic mass is 32.2. The van der Waals surface area contributed by atoms with E-state index in [-0.39, 0.29) is 18.8 Å². The molecule has 0 aliphatic rings. The molecule has 2 aromatic rings. The molecule has 4 atom stereocenters. The fraction of sp³-hybridized carbons (Fsp3) is 0.692. The molecule has 2 aromatic carbocycles. The van der Waals surface area contributed by atoms with Crippen molar-refractivity contribution in [2.24, 2.45) is 0 Å². The van der Waals surface area contributed by atoms with Gasteiger partial charge in [-0.1, -0.05) is 170 Å². The van der Waals surface area contributed by atoms with Crippen molar-refractivity contribution >= 4 is 17.6 Å². The molecule has 2 rings (SSSR count). The molecule has 0 fully saturated rings. The molecule has 0 saturated carbocycles. The smallest absolute Gasteiger partial charge is 0.356 e. The molecule has 0 amide bonds. The lowest BCUT2D eigenvalue weighted by Crippen LogP contribution is -2.53. The number of ether oxygens (including phenoxy) is 1. The zero-order valence-corrected chi connectivity index (χ0v) is 32.1. The number of unbranched alkanes of at least 4 members (excludes halogenated alkanes) is 16. The van der Waals surface area contributed by atoms with Gasteiger partial charge >= 0.3 is 7.60 Å². The number of aliphatic hydroxyl groups excluding tert-OH is 2. The third-order valence-corrected chi connectivity index (χ3v) is 11.8. The monoisotopic (exact) mass is 739 g/mol. The summed E-state index contributed by atoms with van der Waals surface area (Å²) < 4.78 is 46.8. The Hall–Kier alpha value is -1.62. The van der Waals surface area contributed by atoms with Gasteiger partial charge in [0.05, 0.1) is 24.5 Å². The van der Waals surface area contributed by atoms with E-state index in [1.165, 1.54) is 56.9 Å². The van der Waals surface area contributed by atoms with Gasteiger partial charge in [0.2, 0.25) is 10.0 Å². The molecule has 0 spiro atoms. The predicted molar refractivity (Wildman–Crippen MR) is 203 cm³/mol. The Bertz CT molecular complexity index is 1260. The Morgan fingerprint density at radius 3 is 1.64 bits per heavy atom. The molecule has 0 aliphatic carbocycles. The zero-order valence-electron chi connectivity index (χ0n) is 30.4. The van der Waals surface area contributed by atoms with Crippen molar-refractivity contribution in [3.8, 4) is 0 Å². The minimum atomic E-state index is -5.09. The Morgan fingerprint density at radius 2 is 1.12 bits per heavy atom. The van der Waals surface area contributed by atoms with Gasteiger partial charge in [0, 0.05) is 0 Å². The van der Waals surface area contributed by atoms with Crippen molar-refractivity contribution in [3.63, 3.8) is 0 Å². The lowest BCUT2D eigenvalue weighted by atomic mass is 9.99. The van der Waals surface area contributed by atoms with E-state index < -0.39 is 41.7 Å². The van der Waals surface area contributed by atoms with Gasteiger partial charge in [-0.3, -0.25) is 4.57 Å². The van der Waals surface area contributed by atoms with Crippen LogP contribution in [0.2, 0.25) is 0 Å². The van der Waals surface area contributed by atoms with Crippen LogP contribution in [-0.4, -0.2) is 58.3 Å². The SMILES string of the molecule is CCCCCCCCCCS(=O)(=O)NC(CCCCCCCCCCCCc1ccccc1)C(O)C(OCc1ccccc1)C(O)P(=O)(O)O. The van der Waals surface area contributed by atoms with Crippen molar-refractivity contribution in [3.05, 3.63) is 71.8 Å².